The van der Waals surface area contributed by atoms with E-state index in [4.69, 9.17) is 16.3 Å². The molecule has 1 N–H and O–H groups in total. The highest BCUT2D eigenvalue weighted by Crippen LogP contribution is 2.26. The lowest BCUT2D eigenvalue weighted by atomic mass is 10.1. The monoisotopic (exact) mass is 571 g/mol. The number of sulfonamides is 1. The number of hydrogen-bond donors (Lipinski definition) is 1. The lowest BCUT2D eigenvalue weighted by Crippen LogP contribution is -2.51. The van der Waals surface area contributed by atoms with Crippen molar-refractivity contribution < 1.29 is 22.7 Å². The van der Waals surface area contributed by atoms with E-state index in [0.29, 0.717) is 34.3 Å². The Hall–Kier alpha value is -3.56. The highest BCUT2D eigenvalue weighted by atomic mass is 35.5. The second-order valence-corrected chi connectivity index (χ2v) is 11.9. The molecule has 39 heavy (non-hydrogen) atoms. The predicted molar refractivity (Wildman–Crippen MR) is 154 cm³/mol. The summed E-state index contributed by atoms with van der Waals surface area (Å²) in [6, 6.07) is 21.8. The third-order valence-electron chi connectivity index (χ3n) is 5.93. The number of anilines is 1. The number of halogens is 1. The SMILES string of the molecule is CC(C)CNC(=O)[C@H](C)N(Cc1ccccc1Cl)C(=O)CN(c1ccc(Oc2ccccc2)cc1)S(C)(=O)=O. The van der Waals surface area contributed by atoms with Crippen LogP contribution in [0.25, 0.3) is 0 Å². The summed E-state index contributed by atoms with van der Waals surface area (Å²) in [6.45, 7) is 5.55. The van der Waals surface area contributed by atoms with E-state index < -0.39 is 28.5 Å². The molecule has 0 aliphatic carbocycles. The largest absolute Gasteiger partial charge is 0.457 e. The van der Waals surface area contributed by atoms with Crippen molar-refractivity contribution in [2.24, 2.45) is 5.92 Å². The van der Waals surface area contributed by atoms with Crippen LogP contribution in [-0.2, 0) is 26.2 Å². The van der Waals surface area contributed by atoms with Crippen LogP contribution in [0.15, 0.2) is 78.9 Å². The Morgan fingerprint density at radius 2 is 1.49 bits per heavy atom. The molecule has 0 aliphatic rings. The quantitative estimate of drug-likeness (QED) is 0.327. The summed E-state index contributed by atoms with van der Waals surface area (Å²) < 4.78 is 32.4. The number of hydrogen-bond acceptors (Lipinski definition) is 5. The highest BCUT2D eigenvalue weighted by molar-refractivity contribution is 7.92. The zero-order chi connectivity index (χ0) is 28.6. The number of nitrogens with zero attached hydrogens (tertiary/aromatic N) is 2. The minimum atomic E-state index is -3.85. The molecule has 0 heterocycles. The molecule has 2 amide bonds. The number of benzene rings is 3. The molecule has 0 spiro atoms. The van der Waals surface area contributed by atoms with Crippen molar-refractivity contribution >= 4 is 39.1 Å². The van der Waals surface area contributed by atoms with Crippen LogP contribution in [0, 0.1) is 5.92 Å². The van der Waals surface area contributed by atoms with Crippen LogP contribution in [0.3, 0.4) is 0 Å². The van der Waals surface area contributed by atoms with Gasteiger partial charge in [-0.2, -0.15) is 0 Å². The van der Waals surface area contributed by atoms with Crippen molar-refractivity contribution in [2.75, 3.05) is 23.7 Å². The number of carbonyl (C=O) groups excluding carboxylic acids is 2. The van der Waals surface area contributed by atoms with Gasteiger partial charge in [0.25, 0.3) is 0 Å². The Kier molecular flexibility index (Phi) is 10.4. The molecule has 10 heteroatoms. The second-order valence-electron chi connectivity index (χ2n) is 9.61. The zero-order valence-electron chi connectivity index (χ0n) is 22.5. The van der Waals surface area contributed by atoms with Gasteiger partial charge in [0.05, 0.1) is 11.9 Å². The van der Waals surface area contributed by atoms with E-state index in [1.165, 1.54) is 4.90 Å². The number of carbonyl (C=O) groups is 2. The molecule has 0 saturated carbocycles. The molecule has 1 atom stereocenters. The lowest BCUT2D eigenvalue weighted by Gasteiger charge is -2.31. The Balaban J connectivity index is 1.86. The summed E-state index contributed by atoms with van der Waals surface area (Å²) in [4.78, 5) is 27.9. The summed E-state index contributed by atoms with van der Waals surface area (Å²) in [6.07, 6.45) is 1.03. The Labute approximate surface area is 235 Å². The topological polar surface area (TPSA) is 96.0 Å². The van der Waals surface area contributed by atoms with Crippen molar-refractivity contribution in [3.05, 3.63) is 89.4 Å². The summed E-state index contributed by atoms with van der Waals surface area (Å²) in [5.41, 5.74) is 0.935. The average Bonchev–Trinajstić information content (AvgIpc) is 2.90. The summed E-state index contributed by atoms with van der Waals surface area (Å²) in [7, 11) is -3.85. The number of para-hydroxylation sites is 1. The first kappa shape index (κ1) is 30.0. The first-order valence-corrected chi connectivity index (χ1v) is 14.8. The third kappa shape index (κ3) is 8.73. The Morgan fingerprint density at radius 3 is 2.08 bits per heavy atom. The zero-order valence-corrected chi connectivity index (χ0v) is 24.1. The summed E-state index contributed by atoms with van der Waals surface area (Å²) in [5, 5.41) is 3.29. The van der Waals surface area contributed by atoms with Crippen LogP contribution in [0.1, 0.15) is 26.3 Å². The van der Waals surface area contributed by atoms with Crippen molar-refractivity contribution in [3.63, 3.8) is 0 Å². The van der Waals surface area contributed by atoms with Gasteiger partial charge < -0.3 is 15.0 Å². The van der Waals surface area contributed by atoms with E-state index >= 15 is 0 Å². The highest BCUT2D eigenvalue weighted by Gasteiger charge is 2.30. The van der Waals surface area contributed by atoms with Gasteiger partial charge in [-0.1, -0.05) is 61.8 Å². The minimum absolute atomic E-state index is 0.0379. The van der Waals surface area contributed by atoms with Crippen LogP contribution in [0.4, 0.5) is 5.69 Å². The lowest BCUT2D eigenvalue weighted by molar-refractivity contribution is -0.139. The van der Waals surface area contributed by atoms with E-state index in [-0.39, 0.29) is 18.4 Å². The van der Waals surface area contributed by atoms with Crippen LogP contribution in [0.5, 0.6) is 11.5 Å². The molecule has 3 rings (SSSR count). The maximum Gasteiger partial charge on any atom is 0.244 e. The van der Waals surface area contributed by atoms with Crippen LogP contribution >= 0.6 is 11.6 Å². The van der Waals surface area contributed by atoms with Gasteiger partial charge in [0.1, 0.15) is 24.1 Å². The molecule has 0 unspecified atom stereocenters. The molecule has 3 aromatic carbocycles. The first-order chi connectivity index (χ1) is 18.5. The fourth-order valence-electron chi connectivity index (χ4n) is 3.76. The smallest absolute Gasteiger partial charge is 0.244 e. The Morgan fingerprint density at radius 1 is 0.897 bits per heavy atom. The van der Waals surface area contributed by atoms with Crippen molar-refractivity contribution in [2.45, 2.75) is 33.4 Å². The normalized spacial score (nSPS) is 12.1. The molecule has 0 aliphatic heterocycles. The second kappa shape index (κ2) is 13.5. The molecule has 208 valence electrons. The van der Waals surface area contributed by atoms with Crippen molar-refractivity contribution in [3.8, 4) is 11.5 Å². The van der Waals surface area contributed by atoms with Crippen molar-refractivity contribution in [1.29, 1.82) is 0 Å². The minimum Gasteiger partial charge on any atom is -0.457 e. The predicted octanol–water partition coefficient (Wildman–Crippen LogP) is 5.09. The molecule has 0 radical (unpaired) electrons. The van der Waals surface area contributed by atoms with Gasteiger partial charge in [0.15, 0.2) is 0 Å². The molecule has 0 saturated heterocycles. The maximum atomic E-state index is 13.7. The van der Waals surface area contributed by atoms with Crippen LogP contribution < -0.4 is 14.4 Å². The van der Waals surface area contributed by atoms with Gasteiger partial charge in [-0.3, -0.25) is 13.9 Å². The molecule has 0 fully saturated rings. The van der Waals surface area contributed by atoms with Gasteiger partial charge in [0.2, 0.25) is 21.8 Å². The van der Waals surface area contributed by atoms with E-state index in [1.54, 1.807) is 67.6 Å². The number of rotatable bonds is 12. The summed E-state index contributed by atoms with van der Waals surface area (Å²) in [5.74, 6) is 0.499. The molecule has 0 aromatic heterocycles. The molecule has 8 nitrogen and oxygen atoms in total. The van der Waals surface area contributed by atoms with E-state index in [1.807, 2.05) is 32.0 Å². The third-order valence-corrected chi connectivity index (χ3v) is 7.44. The molecular formula is C29H34ClN3O5S. The fraction of sp³-hybridized carbons (Fsp3) is 0.310. The molecule has 3 aromatic rings. The fourth-order valence-corrected chi connectivity index (χ4v) is 4.81. The maximum absolute atomic E-state index is 13.7. The average molecular weight is 572 g/mol. The molecule has 0 bridgehead atoms. The van der Waals surface area contributed by atoms with Gasteiger partial charge >= 0.3 is 0 Å². The van der Waals surface area contributed by atoms with Gasteiger partial charge in [-0.15, -0.1) is 0 Å². The van der Waals surface area contributed by atoms with Gasteiger partial charge in [-0.25, -0.2) is 8.42 Å². The van der Waals surface area contributed by atoms with Crippen molar-refractivity contribution in [1.82, 2.24) is 10.2 Å². The van der Waals surface area contributed by atoms with E-state index in [9.17, 15) is 18.0 Å². The Bertz CT molecular complexity index is 1370. The first-order valence-electron chi connectivity index (χ1n) is 12.6. The van der Waals surface area contributed by atoms with Gasteiger partial charge in [0, 0.05) is 18.1 Å². The number of nitrogens with one attached hydrogen (secondary N) is 1. The van der Waals surface area contributed by atoms with E-state index in [0.717, 1.165) is 10.6 Å². The molecular weight excluding hydrogens is 538 g/mol. The van der Waals surface area contributed by atoms with Crippen LogP contribution in [-0.4, -0.2) is 50.5 Å². The number of ether oxygens (including phenoxy) is 1. The number of amides is 2. The van der Waals surface area contributed by atoms with Gasteiger partial charge in [-0.05, 0) is 60.9 Å². The van der Waals surface area contributed by atoms with Crippen LogP contribution in [0.2, 0.25) is 5.02 Å². The standard InChI is InChI=1S/C29H34ClN3O5S/c1-21(2)18-31-29(35)22(3)32(19-23-10-8-9-13-27(23)30)28(34)20-33(39(4,36)37)24-14-16-26(17-15-24)38-25-11-6-5-7-12-25/h5-17,21-22H,18-20H2,1-4H3,(H,31,35)/t22-/m0/s1. The summed E-state index contributed by atoms with van der Waals surface area (Å²) >= 11 is 6.35. The van der Waals surface area contributed by atoms with E-state index in [2.05, 4.69) is 5.32 Å².